The van der Waals surface area contributed by atoms with E-state index >= 15 is 0 Å². The van der Waals surface area contributed by atoms with Gasteiger partial charge in [-0.25, -0.2) is 9.07 Å². The predicted molar refractivity (Wildman–Crippen MR) is 132 cm³/mol. The summed E-state index contributed by atoms with van der Waals surface area (Å²) in [5.41, 5.74) is 1.70. The largest absolute Gasteiger partial charge is 0.493 e. The van der Waals surface area contributed by atoms with Gasteiger partial charge in [-0.2, -0.15) is 0 Å². The molecule has 2 aromatic carbocycles. The molecule has 5 rings (SSSR count). The maximum Gasteiger partial charge on any atom is 0.173 e. The molecule has 3 aromatic rings. The van der Waals surface area contributed by atoms with Gasteiger partial charge < -0.3 is 14.4 Å². The van der Waals surface area contributed by atoms with E-state index in [1.165, 1.54) is 25.3 Å². The Morgan fingerprint density at radius 3 is 2.37 bits per heavy atom. The number of anilines is 1. The zero-order chi connectivity index (χ0) is 24.2. The molecule has 35 heavy (non-hydrogen) atoms. The number of piperazine rings is 1. The monoisotopic (exact) mass is 480 g/mol. The lowest BCUT2D eigenvalue weighted by atomic mass is 9.95. The fourth-order valence-corrected chi connectivity index (χ4v) is 5.44. The number of hydrogen-bond donors (Lipinski definition) is 0. The van der Waals surface area contributed by atoms with Crippen LogP contribution in [0.2, 0.25) is 0 Å². The number of methoxy groups -OCH3 is 2. The molecule has 1 saturated heterocycles. The standard InChI is InChI=1S/C26H33FN6O2/c1-34-23-13-12-19(18-24(23)35-2)25(26-28-29-30-33(26)20-8-4-3-5-9-20)32-16-14-31(15-17-32)22-11-7-6-10-21(22)27/h6-7,10-13,18,20,25H,3-5,8-9,14-17H2,1-2H3/t25-/m1/s1. The molecule has 2 aliphatic rings. The van der Waals surface area contributed by atoms with Crippen molar-refractivity contribution in [1.29, 1.82) is 0 Å². The van der Waals surface area contributed by atoms with Gasteiger partial charge in [0.05, 0.1) is 32.0 Å². The number of hydrogen-bond acceptors (Lipinski definition) is 7. The van der Waals surface area contributed by atoms with Gasteiger partial charge in [-0.05, 0) is 53.1 Å². The molecule has 186 valence electrons. The SMILES string of the molecule is COc1ccc([C@H](c2nnnn2C2CCCCC2)N2CCN(c3ccccc3F)CC2)cc1OC. The van der Waals surface area contributed by atoms with E-state index in [1.54, 1.807) is 20.3 Å². The summed E-state index contributed by atoms with van der Waals surface area (Å²) in [6.45, 7) is 2.95. The molecule has 1 saturated carbocycles. The average molecular weight is 481 g/mol. The Labute approximate surface area is 205 Å². The molecule has 9 heteroatoms. The third-order valence-corrected chi connectivity index (χ3v) is 7.28. The topological polar surface area (TPSA) is 68.5 Å². The molecule has 0 bridgehead atoms. The lowest BCUT2D eigenvalue weighted by Gasteiger charge is -2.40. The Kier molecular flexibility index (Phi) is 7.13. The molecule has 0 spiro atoms. The van der Waals surface area contributed by atoms with Crippen molar-refractivity contribution in [2.75, 3.05) is 45.3 Å². The summed E-state index contributed by atoms with van der Waals surface area (Å²) < 4.78 is 27.6. The highest BCUT2D eigenvalue weighted by Gasteiger charge is 2.33. The normalized spacial score (nSPS) is 18.4. The fraction of sp³-hybridized carbons (Fsp3) is 0.500. The maximum atomic E-state index is 14.4. The van der Waals surface area contributed by atoms with Crippen molar-refractivity contribution in [3.63, 3.8) is 0 Å². The van der Waals surface area contributed by atoms with Gasteiger partial charge in [-0.1, -0.05) is 37.5 Å². The van der Waals surface area contributed by atoms with Crippen molar-refractivity contribution in [2.45, 2.75) is 44.2 Å². The van der Waals surface area contributed by atoms with Crippen molar-refractivity contribution in [2.24, 2.45) is 0 Å². The molecule has 2 fully saturated rings. The summed E-state index contributed by atoms with van der Waals surface area (Å²) in [6.07, 6.45) is 5.86. The Bertz CT molecular complexity index is 1120. The second kappa shape index (κ2) is 10.6. The lowest BCUT2D eigenvalue weighted by Crippen LogP contribution is -2.48. The minimum atomic E-state index is -0.182. The summed E-state index contributed by atoms with van der Waals surface area (Å²) in [7, 11) is 3.29. The van der Waals surface area contributed by atoms with Crippen LogP contribution >= 0.6 is 0 Å². The number of benzene rings is 2. The van der Waals surface area contributed by atoms with E-state index in [2.05, 4.69) is 31.4 Å². The molecule has 1 aromatic heterocycles. The third kappa shape index (κ3) is 4.82. The quantitative estimate of drug-likeness (QED) is 0.501. The maximum absolute atomic E-state index is 14.4. The number of nitrogens with zero attached hydrogens (tertiary/aromatic N) is 6. The van der Waals surface area contributed by atoms with Crippen LogP contribution in [0.1, 0.15) is 55.6 Å². The van der Waals surface area contributed by atoms with Gasteiger partial charge in [0.15, 0.2) is 17.3 Å². The summed E-state index contributed by atoms with van der Waals surface area (Å²) in [4.78, 5) is 4.51. The van der Waals surface area contributed by atoms with Gasteiger partial charge in [0.1, 0.15) is 5.82 Å². The molecule has 0 N–H and O–H groups in total. The fourth-order valence-electron chi connectivity index (χ4n) is 5.44. The van der Waals surface area contributed by atoms with E-state index in [9.17, 15) is 4.39 Å². The van der Waals surface area contributed by atoms with Crippen molar-refractivity contribution >= 4 is 5.69 Å². The predicted octanol–water partition coefficient (Wildman–Crippen LogP) is 4.25. The Morgan fingerprint density at radius 1 is 0.914 bits per heavy atom. The van der Waals surface area contributed by atoms with E-state index in [0.29, 0.717) is 23.2 Å². The summed E-state index contributed by atoms with van der Waals surface area (Å²) in [5, 5.41) is 13.1. The minimum absolute atomic E-state index is 0.144. The van der Waals surface area contributed by atoms with E-state index in [0.717, 1.165) is 50.4 Å². The van der Waals surface area contributed by atoms with Crippen molar-refractivity contribution < 1.29 is 13.9 Å². The Morgan fingerprint density at radius 2 is 1.66 bits per heavy atom. The molecule has 1 aliphatic heterocycles. The average Bonchev–Trinajstić information content (AvgIpc) is 3.39. The van der Waals surface area contributed by atoms with Crippen LogP contribution in [-0.2, 0) is 0 Å². The first-order valence-electron chi connectivity index (χ1n) is 12.4. The van der Waals surface area contributed by atoms with Crippen LogP contribution in [0, 0.1) is 5.82 Å². The lowest BCUT2D eigenvalue weighted by molar-refractivity contribution is 0.193. The second-order valence-corrected chi connectivity index (χ2v) is 9.26. The molecule has 0 radical (unpaired) electrons. The van der Waals surface area contributed by atoms with E-state index < -0.39 is 0 Å². The van der Waals surface area contributed by atoms with E-state index in [-0.39, 0.29) is 11.9 Å². The van der Waals surface area contributed by atoms with E-state index in [4.69, 9.17) is 9.47 Å². The van der Waals surface area contributed by atoms with Crippen LogP contribution in [0.25, 0.3) is 0 Å². The zero-order valence-corrected chi connectivity index (χ0v) is 20.4. The molecule has 2 heterocycles. The van der Waals surface area contributed by atoms with Crippen LogP contribution < -0.4 is 14.4 Å². The van der Waals surface area contributed by atoms with Crippen LogP contribution in [0.5, 0.6) is 11.5 Å². The first kappa shape index (κ1) is 23.5. The van der Waals surface area contributed by atoms with Gasteiger partial charge in [0, 0.05) is 26.2 Å². The smallest absolute Gasteiger partial charge is 0.173 e. The van der Waals surface area contributed by atoms with Gasteiger partial charge in [0.2, 0.25) is 0 Å². The number of ether oxygens (including phenoxy) is 2. The highest BCUT2D eigenvalue weighted by Crippen LogP contribution is 2.37. The van der Waals surface area contributed by atoms with Gasteiger partial charge in [-0.3, -0.25) is 4.90 Å². The van der Waals surface area contributed by atoms with Gasteiger partial charge >= 0.3 is 0 Å². The summed E-state index contributed by atoms with van der Waals surface area (Å²) in [5.74, 6) is 2.03. The van der Waals surface area contributed by atoms with Crippen LogP contribution in [0.3, 0.4) is 0 Å². The Hall–Kier alpha value is -3.20. The number of rotatable bonds is 7. The first-order valence-corrected chi connectivity index (χ1v) is 12.4. The summed E-state index contributed by atoms with van der Waals surface area (Å²) >= 11 is 0. The second-order valence-electron chi connectivity index (χ2n) is 9.26. The Balaban J connectivity index is 1.47. The van der Waals surface area contributed by atoms with E-state index in [1.807, 2.05) is 28.9 Å². The molecular formula is C26H33FN6O2. The van der Waals surface area contributed by atoms with Crippen molar-refractivity contribution in [3.05, 3.63) is 59.7 Å². The van der Waals surface area contributed by atoms with Crippen molar-refractivity contribution in [1.82, 2.24) is 25.1 Å². The molecule has 8 nitrogen and oxygen atoms in total. The van der Waals surface area contributed by atoms with Crippen LogP contribution in [0.15, 0.2) is 42.5 Å². The summed E-state index contributed by atoms with van der Waals surface area (Å²) in [6, 6.07) is 13.2. The zero-order valence-electron chi connectivity index (χ0n) is 20.4. The minimum Gasteiger partial charge on any atom is -0.493 e. The van der Waals surface area contributed by atoms with Gasteiger partial charge in [-0.15, -0.1) is 5.10 Å². The highest BCUT2D eigenvalue weighted by atomic mass is 19.1. The van der Waals surface area contributed by atoms with Crippen LogP contribution in [-0.4, -0.2) is 65.5 Å². The number of para-hydroxylation sites is 1. The molecular weight excluding hydrogens is 447 g/mol. The van der Waals surface area contributed by atoms with Crippen LogP contribution in [0.4, 0.5) is 10.1 Å². The number of aromatic nitrogens is 4. The first-order chi connectivity index (χ1) is 17.2. The van der Waals surface area contributed by atoms with Gasteiger partial charge in [0.25, 0.3) is 0 Å². The van der Waals surface area contributed by atoms with Crippen molar-refractivity contribution in [3.8, 4) is 11.5 Å². The number of tetrazole rings is 1. The highest BCUT2D eigenvalue weighted by molar-refractivity contribution is 5.48. The molecule has 0 unspecified atom stereocenters. The molecule has 1 aliphatic carbocycles. The number of halogens is 1. The molecule has 1 atom stereocenters. The third-order valence-electron chi connectivity index (χ3n) is 7.28. The molecule has 0 amide bonds.